The van der Waals surface area contributed by atoms with E-state index in [4.69, 9.17) is 15.2 Å². The number of hydrogen-bond donors (Lipinski definition) is 0. The van der Waals surface area contributed by atoms with Gasteiger partial charge in [-0.25, -0.2) is 9.67 Å². The van der Waals surface area contributed by atoms with Crippen molar-refractivity contribution in [1.29, 1.82) is 0 Å². The molecule has 2 fully saturated rings. The van der Waals surface area contributed by atoms with E-state index in [0.717, 1.165) is 23.9 Å². The first-order valence-corrected chi connectivity index (χ1v) is 9.72. The molecule has 0 atom stereocenters. The van der Waals surface area contributed by atoms with Gasteiger partial charge in [-0.1, -0.05) is 36.2 Å². The normalized spacial score (nSPS) is 17.5. The smallest absolute Gasteiger partial charge is 0.179 e. The molecule has 0 radical (unpaired) electrons. The van der Waals surface area contributed by atoms with E-state index in [2.05, 4.69) is 41.9 Å². The number of nitrogens with zero attached hydrogens (tertiary/aromatic N) is 5. The van der Waals surface area contributed by atoms with Crippen LogP contribution < -0.4 is 0 Å². The van der Waals surface area contributed by atoms with Crippen molar-refractivity contribution < 1.29 is 0 Å². The number of aromatic nitrogens is 5. The molecule has 2 aromatic heterocycles. The van der Waals surface area contributed by atoms with Gasteiger partial charge < -0.3 is 0 Å². The Morgan fingerprint density at radius 1 is 1.00 bits per heavy atom. The third-order valence-corrected chi connectivity index (χ3v) is 5.75. The molecule has 5 nitrogen and oxygen atoms in total. The number of aryl methyl sites for hydroxylation is 2. The molecule has 0 spiro atoms. The van der Waals surface area contributed by atoms with Crippen molar-refractivity contribution in [2.24, 2.45) is 7.05 Å². The van der Waals surface area contributed by atoms with Crippen LogP contribution in [0, 0.1) is 6.92 Å². The van der Waals surface area contributed by atoms with E-state index in [1.165, 1.54) is 48.9 Å². The molecule has 5 heteroatoms. The van der Waals surface area contributed by atoms with Crippen molar-refractivity contribution in [3.05, 3.63) is 53.0 Å². The summed E-state index contributed by atoms with van der Waals surface area (Å²) in [6.45, 7) is 2.86. The van der Waals surface area contributed by atoms with Crippen LogP contribution in [0.25, 0.3) is 11.5 Å². The zero-order valence-electron chi connectivity index (χ0n) is 15.5. The molecule has 0 N–H and O–H groups in total. The van der Waals surface area contributed by atoms with Gasteiger partial charge in [-0.3, -0.25) is 4.68 Å². The molecule has 3 aromatic rings. The van der Waals surface area contributed by atoms with Crippen molar-refractivity contribution in [1.82, 2.24) is 24.5 Å². The van der Waals surface area contributed by atoms with Gasteiger partial charge in [-0.05, 0) is 44.2 Å². The van der Waals surface area contributed by atoms with Crippen LogP contribution in [0.15, 0.2) is 30.3 Å². The molecule has 2 saturated carbocycles. The van der Waals surface area contributed by atoms with Crippen molar-refractivity contribution in [3.8, 4) is 11.5 Å². The van der Waals surface area contributed by atoms with E-state index in [1.54, 1.807) is 0 Å². The topological polar surface area (TPSA) is 48.5 Å². The number of benzene rings is 1. The van der Waals surface area contributed by atoms with Gasteiger partial charge in [0, 0.05) is 24.6 Å². The van der Waals surface area contributed by atoms with Crippen molar-refractivity contribution in [2.45, 2.75) is 57.4 Å². The summed E-state index contributed by atoms with van der Waals surface area (Å²) < 4.78 is 4.08. The monoisotopic (exact) mass is 347 g/mol. The predicted octanol–water partition coefficient (Wildman–Crippen LogP) is 4.18. The van der Waals surface area contributed by atoms with E-state index >= 15 is 0 Å². The number of hydrogen-bond acceptors (Lipinski definition) is 3. The summed E-state index contributed by atoms with van der Waals surface area (Å²) in [6.07, 6.45) is 6.28. The van der Waals surface area contributed by atoms with E-state index < -0.39 is 0 Å². The Hall–Kier alpha value is -2.43. The van der Waals surface area contributed by atoms with Gasteiger partial charge in [0.05, 0.1) is 6.54 Å². The highest BCUT2D eigenvalue weighted by atomic mass is 15.4. The molecule has 0 saturated heterocycles. The van der Waals surface area contributed by atoms with Crippen LogP contribution in [0.2, 0.25) is 0 Å². The lowest BCUT2D eigenvalue weighted by molar-refractivity contribution is 0.399. The SMILES string of the molecule is Cc1ccc(Cn2nc(C3CCC3)nc2-c2cc(C3CC3)n(C)n2)cc1. The minimum absolute atomic E-state index is 0.527. The van der Waals surface area contributed by atoms with Crippen molar-refractivity contribution >= 4 is 0 Å². The Morgan fingerprint density at radius 2 is 1.77 bits per heavy atom. The molecule has 0 aliphatic heterocycles. The van der Waals surface area contributed by atoms with Crippen molar-refractivity contribution in [3.63, 3.8) is 0 Å². The molecule has 1 aromatic carbocycles. The van der Waals surface area contributed by atoms with Gasteiger partial charge in [-0.15, -0.1) is 0 Å². The van der Waals surface area contributed by atoms with Gasteiger partial charge in [-0.2, -0.15) is 10.2 Å². The molecule has 0 unspecified atom stereocenters. The maximum atomic E-state index is 4.93. The zero-order chi connectivity index (χ0) is 17.7. The third-order valence-electron chi connectivity index (χ3n) is 5.75. The first kappa shape index (κ1) is 15.8. The average Bonchev–Trinajstić information content (AvgIpc) is 3.23. The van der Waals surface area contributed by atoms with Gasteiger partial charge in [0.15, 0.2) is 11.6 Å². The predicted molar refractivity (Wildman–Crippen MR) is 101 cm³/mol. The second-order valence-electron chi connectivity index (χ2n) is 7.92. The van der Waals surface area contributed by atoms with Crippen LogP contribution >= 0.6 is 0 Å². The highest BCUT2D eigenvalue weighted by Crippen LogP contribution is 2.41. The summed E-state index contributed by atoms with van der Waals surface area (Å²) in [7, 11) is 2.05. The Bertz CT molecular complexity index is 926. The summed E-state index contributed by atoms with van der Waals surface area (Å²) in [4.78, 5) is 4.93. The summed E-state index contributed by atoms with van der Waals surface area (Å²) in [5, 5.41) is 9.65. The summed E-state index contributed by atoms with van der Waals surface area (Å²) >= 11 is 0. The van der Waals surface area contributed by atoms with Gasteiger partial charge >= 0.3 is 0 Å². The molecule has 2 aliphatic carbocycles. The second-order valence-corrected chi connectivity index (χ2v) is 7.92. The molecular formula is C21H25N5. The standard InChI is InChI=1S/C21H25N5/c1-14-6-8-15(9-7-14)13-26-21(22-20(24-26)17-4-3-5-17)18-12-19(16-10-11-16)25(2)23-18/h6-9,12,16-17H,3-5,10-11,13H2,1-2H3. The zero-order valence-corrected chi connectivity index (χ0v) is 15.5. The minimum atomic E-state index is 0.527. The quantitative estimate of drug-likeness (QED) is 0.695. The highest BCUT2D eigenvalue weighted by Gasteiger charge is 2.30. The second kappa shape index (κ2) is 6.08. The largest absolute Gasteiger partial charge is 0.272 e. The van der Waals surface area contributed by atoms with Crippen LogP contribution in [-0.4, -0.2) is 24.5 Å². The highest BCUT2D eigenvalue weighted by molar-refractivity contribution is 5.51. The van der Waals surface area contributed by atoms with E-state index in [9.17, 15) is 0 Å². The van der Waals surface area contributed by atoms with Gasteiger partial charge in [0.25, 0.3) is 0 Å². The van der Waals surface area contributed by atoms with Crippen LogP contribution in [0.4, 0.5) is 0 Å². The molecule has 134 valence electrons. The van der Waals surface area contributed by atoms with Gasteiger partial charge in [0.2, 0.25) is 0 Å². The molecular weight excluding hydrogens is 322 g/mol. The molecule has 26 heavy (non-hydrogen) atoms. The Labute approximate surface area is 154 Å². The molecule has 0 amide bonds. The molecule has 2 aliphatic rings. The van der Waals surface area contributed by atoms with Crippen molar-refractivity contribution in [2.75, 3.05) is 0 Å². The van der Waals surface area contributed by atoms with Crippen LogP contribution in [0.3, 0.4) is 0 Å². The Kier molecular flexibility index (Phi) is 3.69. The third kappa shape index (κ3) is 2.85. The van der Waals surface area contributed by atoms with Crippen LogP contribution in [-0.2, 0) is 13.6 Å². The summed E-state index contributed by atoms with van der Waals surface area (Å²) in [5.74, 6) is 3.12. The fraction of sp³-hybridized carbons (Fsp3) is 0.476. The Balaban J connectivity index is 1.52. The average molecular weight is 347 g/mol. The molecule has 2 heterocycles. The maximum absolute atomic E-state index is 4.93. The first-order valence-electron chi connectivity index (χ1n) is 9.72. The lowest BCUT2D eigenvalue weighted by atomic mass is 9.85. The molecule has 5 rings (SSSR count). The maximum Gasteiger partial charge on any atom is 0.179 e. The van der Waals surface area contributed by atoms with Crippen LogP contribution in [0.5, 0.6) is 0 Å². The summed E-state index contributed by atoms with van der Waals surface area (Å²) in [5.41, 5.74) is 4.82. The molecule has 0 bridgehead atoms. The minimum Gasteiger partial charge on any atom is -0.272 e. The number of rotatable bonds is 5. The van der Waals surface area contributed by atoms with E-state index in [0.29, 0.717) is 11.8 Å². The van der Waals surface area contributed by atoms with Gasteiger partial charge in [0.1, 0.15) is 5.69 Å². The summed E-state index contributed by atoms with van der Waals surface area (Å²) in [6, 6.07) is 10.9. The first-order chi connectivity index (χ1) is 12.7. The lowest BCUT2D eigenvalue weighted by Crippen LogP contribution is -2.11. The fourth-order valence-corrected chi connectivity index (χ4v) is 3.72. The lowest BCUT2D eigenvalue weighted by Gasteiger charge is -2.21. The van der Waals surface area contributed by atoms with E-state index in [1.807, 2.05) is 11.7 Å². The Morgan fingerprint density at radius 3 is 2.42 bits per heavy atom. The fourth-order valence-electron chi connectivity index (χ4n) is 3.72. The van der Waals surface area contributed by atoms with E-state index in [-0.39, 0.29) is 0 Å². The van der Waals surface area contributed by atoms with Crippen LogP contribution in [0.1, 0.15) is 66.6 Å².